The molecule has 0 N–H and O–H groups in total. The molecule has 2 rings (SSSR count). The van der Waals surface area contributed by atoms with Gasteiger partial charge in [0.2, 0.25) is 0 Å². The van der Waals surface area contributed by atoms with E-state index >= 15 is 0 Å². The predicted molar refractivity (Wildman–Crippen MR) is 70.1 cm³/mol. The molecular formula is C13H20ClNO4. The highest BCUT2D eigenvalue weighted by atomic mass is 35.5. The van der Waals surface area contributed by atoms with E-state index in [1.54, 1.807) is 4.90 Å². The van der Waals surface area contributed by atoms with Gasteiger partial charge in [-0.15, -0.1) is 0 Å². The summed E-state index contributed by atoms with van der Waals surface area (Å²) in [7, 11) is 0. The number of likely N-dealkylation sites (tertiary alicyclic amines) is 1. The molecule has 1 saturated carbocycles. The summed E-state index contributed by atoms with van der Waals surface area (Å²) in [4.78, 5) is 24.5. The lowest BCUT2D eigenvalue weighted by Crippen LogP contribution is -2.44. The standard InChI is InChI=1S/C13H20ClNO4/c1-7-8-5-15(12(17)19-13(2,3)4)9(10(7)8)6-18-11(14)16/h7-10H,5-6H2,1-4H3/t7?,8?,9-,10?/m1/s1. The van der Waals surface area contributed by atoms with Crippen molar-refractivity contribution in [3.05, 3.63) is 0 Å². The van der Waals surface area contributed by atoms with Gasteiger partial charge in [0, 0.05) is 18.1 Å². The maximum absolute atomic E-state index is 12.1. The highest BCUT2D eigenvalue weighted by Gasteiger charge is 2.60. The van der Waals surface area contributed by atoms with Crippen LogP contribution in [0.5, 0.6) is 0 Å². The van der Waals surface area contributed by atoms with E-state index in [2.05, 4.69) is 6.92 Å². The second-order valence-electron chi connectivity index (χ2n) is 6.35. The second kappa shape index (κ2) is 4.85. The molecule has 5 nitrogen and oxygen atoms in total. The number of halogens is 1. The van der Waals surface area contributed by atoms with Gasteiger partial charge in [-0.25, -0.2) is 9.59 Å². The molecule has 0 bridgehead atoms. The van der Waals surface area contributed by atoms with E-state index in [4.69, 9.17) is 21.1 Å². The van der Waals surface area contributed by atoms with Gasteiger partial charge in [-0.1, -0.05) is 6.92 Å². The van der Waals surface area contributed by atoms with Crippen LogP contribution in [0.1, 0.15) is 27.7 Å². The van der Waals surface area contributed by atoms with Crippen molar-refractivity contribution in [3.8, 4) is 0 Å². The first kappa shape index (κ1) is 14.4. The molecule has 19 heavy (non-hydrogen) atoms. The lowest BCUT2D eigenvalue weighted by molar-refractivity contribution is 0.0112. The number of hydrogen-bond acceptors (Lipinski definition) is 4. The Morgan fingerprint density at radius 2 is 2.00 bits per heavy atom. The summed E-state index contributed by atoms with van der Waals surface area (Å²) in [6.07, 6.45) is -0.345. The molecule has 0 radical (unpaired) electrons. The molecule has 4 atom stereocenters. The monoisotopic (exact) mass is 289 g/mol. The highest BCUT2D eigenvalue weighted by molar-refractivity contribution is 6.61. The maximum atomic E-state index is 12.1. The van der Waals surface area contributed by atoms with Crippen molar-refractivity contribution in [2.45, 2.75) is 39.3 Å². The summed E-state index contributed by atoms with van der Waals surface area (Å²) in [6, 6.07) is -0.113. The van der Waals surface area contributed by atoms with Gasteiger partial charge >= 0.3 is 11.5 Å². The Hall–Kier alpha value is -0.970. The molecule has 1 heterocycles. The molecule has 6 heteroatoms. The first-order chi connectivity index (χ1) is 8.70. The molecule has 0 aromatic carbocycles. The van der Waals surface area contributed by atoms with Crippen molar-refractivity contribution in [3.63, 3.8) is 0 Å². The summed E-state index contributed by atoms with van der Waals surface area (Å²) in [5.41, 5.74) is -1.36. The van der Waals surface area contributed by atoms with E-state index in [-0.39, 0.29) is 18.7 Å². The van der Waals surface area contributed by atoms with Gasteiger partial charge in [0.25, 0.3) is 0 Å². The van der Waals surface area contributed by atoms with Crippen LogP contribution in [-0.4, -0.2) is 41.2 Å². The number of carbonyl (C=O) groups is 2. The van der Waals surface area contributed by atoms with Gasteiger partial charge in [0.1, 0.15) is 12.2 Å². The molecule has 1 amide bonds. The fourth-order valence-electron chi connectivity index (χ4n) is 2.96. The van der Waals surface area contributed by atoms with Crippen LogP contribution in [0.15, 0.2) is 0 Å². The lowest BCUT2D eigenvalue weighted by atomic mass is 10.1. The summed E-state index contributed by atoms with van der Waals surface area (Å²) >= 11 is 5.19. The third kappa shape index (κ3) is 3.14. The first-order valence-electron chi connectivity index (χ1n) is 6.52. The van der Waals surface area contributed by atoms with Crippen molar-refractivity contribution in [2.75, 3.05) is 13.2 Å². The number of hydrogen-bond donors (Lipinski definition) is 0. The summed E-state index contributed by atoms with van der Waals surface area (Å²) < 4.78 is 10.2. The Labute approximate surface area is 118 Å². The minimum absolute atomic E-state index is 0.113. The topological polar surface area (TPSA) is 55.8 Å². The SMILES string of the molecule is CC1C2CN(C(=O)OC(C)(C)C)[C@H](COC(=O)Cl)C12. The smallest absolute Gasteiger partial charge is 0.410 e. The molecule has 0 aromatic rings. The third-order valence-corrected chi connectivity index (χ3v) is 3.99. The van der Waals surface area contributed by atoms with Crippen LogP contribution >= 0.6 is 11.6 Å². The number of amides is 1. The normalized spacial score (nSPS) is 32.8. The number of nitrogens with zero attached hydrogens (tertiary/aromatic N) is 1. The molecule has 2 aliphatic rings. The molecule has 2 fully saturated rings. The van der Waals surface area contributed by atoms with Crippen LogP contribution in [0.4, 0.5) is 9.59 Å². The number of ether oxygens (including phenoxy) is 2. The molecule has 3 unspecified atom stereocenters. The van der Waals surface area contributed by atoms with Crippen LogP contribution < -0.4 is 0 Å². The van der Waals surface area contributed by atoms with Gasteiger partial charge < -0.3 is 14.4 Å². The van der Waals surface area contributed by atoms with E-state index in [9.17, 15) is 9.59 Å². The van der Waals surface area contributed by atoms with Crippen molar-refractivity contribution in [1.82, 2.24) is 4.90 Å². The van der Waals surface area contributed by atoms with Crippen LogP contribution in [0.2, 0.25) is 0 Å². The second-order valence-corrected chi connectivity index (χ2v) is 6.66. The van der Waals surface area contributed by atoms with Crippen molar-refractivity contribution >= 4 is 23.1 Å². The molecular weight excluding hydrogens is 270 g/mol. The Morgan fingerprint density at radius 1 is 1.37 bits per heavy atom. The van der Waals surface area contributed by atoms with E-state index in [0.717, 1.165) is 0 Å². The van der Waals surface area contributed by atoms with Crippen molar-refractivity contribution in [2.24, 2.45) is 17.8 Å². The summed E-state index contributed by atoms with van der Waals surface area (Å²) in [6.45, 7) is 8.46. The Bertz CT molecular complexity index is 393. The Balaban J connectivity index is 1.99. The quantitative estimate of drug-likeness (QED) is 0.734. The fraction of sp³-hybridized carbons (Fsp3) is 0.846. The van der Waals surface area contributed by atoms with Gasteiger partial charge in [0.05, 0.1) is 6.04 Å². The van der Waals surface area contributed by atoms with E-state index in [1.165, 1.54) is 0 Å². The Kier molecular flexibility index (Phi) is 3.69. The number of carbonyl (C=O) groups excluding carboxylic acids is 2. The predicted octanol–water partition coefficient (Wildman–Crippen LogP) is 2.86. The van der Waals surface area contributed by atoms with Gasteiger partial charge in [0.15, 0.2) is 0 Å². The number of rotatable bonds is 2. The molecule has 0 spiro atoms. The van der Waals surface area contributed by atoms with Crippen LogP contribution in [0, 0.1) is 17.8 Å². The van der Waals surface area contributed by atoms with Crippen LogP contribution in [-0.2, 0) is 9.47 Å². The van der Waals surface area contributed by atoms with E-state index < -0.39 is 11.0 Å². The third-order valence-electron chi connectivity index (χ3n) is 3.88. The van der Waals surface area contributed by atoms with E-state index in [0.29, 0.717) is 24.3 Å². The molecule has 1 aliphatic carbocycles. The molecule has 108 valence electrons. The minimum Gasteiger partial charge on any atom is -0.451 e. The largest absolute Gasteiger partial charge is 0.451 e. The lowest BCUT2D eigenvalue weighted by Gasteiger charge is -2.30. The average Bonchev–Trinajstić information content (AvgIpc) is 2.71. The van der Waals surface area contributed by atoms with Gasteiger partial charge in [-0.2, -0.15) is 0 Å². The van der Waals surface area contributed by atoms with E-state index in [1.807, 2.05) is 20.8 Å². The molecule has 1 aliphatic heterocycles. The van der Waals surface area contributed by atoms with Crippen molar-refractivity contribution < 1.29 is 19.1 Å². The van der Waals surface area contributed by atoms with Gasteiger partial charge in [-0.3, -0.25) is 0 Å². The van der Waals surface area contributed by atoms with Crippen molar-refractivity contribution in [1.29, 1.82) is 0 Å². The van der Waals surface area contributed by atoms with Gasteiger partial charge in [-0.05, 0) is 38.5 Å². The zero-order chi connectivity index (χ0) is 14.4. The summed E-state index contributed by atoms with van der Waals surface area (Å²) in [5, 5.41) is 0. The number of fused-ring (bicyclic) bond motifs is 1. The fourth-order valence-corrected chi connectivity index (χ4v) is 3.02. The minimum atomic E-state index is -0.833. The molecule has 0 aromatic heterocycles. The molecule has 1 saturated heterocycles. The highest BCUT2D eigenvalue weighted by Crippen LogP contribution is 2.55. The van der Waals surface area contributed by atoms with Crippen LogP contribution in [0.3, 0.4) is 0 Å². The van der Waals surface area contributed by atoms with Crippen LogP contribution in [0.25, 0.3) is 0 Å². The number of piperidine rings is 1. The Morgan fingerprint density at radius 3 is 2.53 bits per heavy atom. The average molecular weight is 290 g/mol. The summed E-state index contributed by atoms with van der Waals surface area (Å²) in [5.74, 6) is 1.45. The first-order valence-corrected chi connectivity index (χ1v) is 6.90. The zero-order valence-corrected chi connectivity index (χ0v) is 12.4. The maximum Gasteiger partial charge on any atom is 0.410 e. The zero-order valence-electron chi connectivity index (χ0n) is 11.7.